The van der Waals surface area contributed by atoms with Gasteiger partial charge in [0.2, 0.25) is 0 Å². The SMILES string of the molecule is CCOC1CC(Nc2nccnc2C)C1(C)C. The third-order valence-electron chi connectivity index (χ3n) is 3.74. The molecule has 1 aromatic rings. The molecule has 0 spiro atoms. The monoisotopic (exact) mass is 235 g/mol. The lowest BCUT2D eigenvalue weighted by atomic mass is 9.64. The van der Waals surface area contributed by atoms with E-state index in [4.69, 9.17) is 4.74 Å². The number of rotatable bonds is 4. The summed E-state index contributed by atoms with van der Waals surface area (Å²) in [6, 6.07) is 0.412. The van der Waals surface area contributed by atoms with Crippen molar-refractivity contribution < 1.29 is 4.74 Å². The van der Waals surface area contributed by atoms with Crippen molar-refractivity contribution in [2.45, 2.75) is 46.3 Å². The van der Waals surface area contributed by atoms with Crippen molar-refractivity contribution in [1.29, 1.82) is 0 Å². The van der Waals surface area contributed by atoms with Gasteiger partial charge in [0.25, 0.3) is 0 Å². The molecular weight excluding hydrogens is 214 g/mol. The first-order chi connectivity index (χ1) is 8.05. The largest absolute Gasteiger partial charge is 0.378 e. The normalized spacial score (nSPS) is 26.4. The molecule has 0 aliphatic heterocycles. The van der Waals surface area contributed by atoms with Crippen molar-refractivity contribution in [3.05, 3.63) is 18.1 Å². The molecule has 2 rings (SSSR count). The van der Waals surface area contributed by atoms with Crippen molar-refractivity contribution in [3.63, 3.8) is 0 Å². The Kier molecular flexibility index (Phi) is 3.33. The maximum Gasteiger partial charge on any atom is 0.147 e. The molecule has 17 heavy (non-hydrogen) atoms. The van der Waals surface area contributed by atoms with Gasteiger partial charge in [-0.2, -0.15) is 0 Å². The van der Waals surface area contributed by atoms with E-state index < -0.39 is 0 Å². The molecule has 1 aliphatic carbocycles. The molecule has 1 saturated carbocycles. The molecule has 0 radical (unpaired) electrons. The van der Waals surface area contributed by atoms with E-state index in [-0.39, 0.29) is 5.41 Å². The van der Waals surface area contributed by atoms with Gasteiger partial charge in [-0.1, -0.05) is 13.8 Å². The van der Waals surface area contributed by atoms with Crippen LogP contribution in [0.2, 0.25) is 0 Å². The van der Waals surface area contributed by atoms with Crippen LogP contribution in [0.5, 0.6) is 0 Å². The topological polar surface area (TPSA) is 47.0 Å². The third kappa shape index (κ3) is 2.27. The zero-order chi connectivity index (χ0) is 12.5. The number of nitrogens with one attached hydrogen (secondary N) is 1. The molecule has 4 nitrogen and oxygen atoms in total. The lowest BCUT2D eigenvalue weighted by molar-refractivity contribution is -0.0976. The molecule has 0 saturated heterocycles. The smallest absolute Gasteiger partial charge is 0.147 e. The Balaban J connectivity index is 2.01. The van der Waals surface area contributed by atoms with Crippen LogP contribution < -0.4 is 5.32 Å². The van der Waals surface area contributed by atoms with Crippen LogP contribution in [0.15, 0.2) is 12.4 Å². The minimum atomic E-state index is 0.153. The fourth-order valence-electron chi connectivity index (χ4n) is 2.33. The lowest BCUT2D eigenvalue weighted by Crippen LogP contribution is -2.58. The second-order valence-corrected chi connectivity index (χ2v) is 5.19. The van der Waals surface area contributed by atoms with Gasteiger partial charge in [-0.25, -0.2) is 4.98 Å². The van der Waals surface area contributed by atoms with Gasteiger partial charge in [-0.15, -0.1) is 0 Å². The Labute approximate surface area is 103 Å². The molecule has 1 heterocycles. The van der Waals surface area contributed by atoms with Crippen LogP contribution in [0.3, 0.4) is 0 Å². The molecule has 2 atom stereocenters. The van der Waals surface area contributed by atoms with Gasteiger partial charge < -0.3 is 10.1 Å². The minimum absolute atomic E-state index is 0.153. The molecule has 1 N–H and O–H groups in total. The fourth-order valence-corrected chi connectivity index (χ4v) is 2.33. The van der Waals surface area contributed by atoms with Gasteiger partial charge >= 0.3 is 0 Å². The summed E-state index contributed by atoms with van der Waals surface area (Å²) in [5, 5.41) is 3.47. The molecular formula is C13H21N3O. The average molecular weight is 235 g/mol. The number of aryl methyl sites for hydroxylation is 1. The van der Waals surface area contributed by atoms with E-state index in [0.29, 0.717) is 12.1 Å². The van der Waals surface area contributed by atoms with E-state index in [0.717, 1.165) is 24.5 Å². The quantitative estimate of drug-likeness (QED) is 0.870. The summed E-state index contributed by atoms with van der Waals surface area (Å²) in [7, 11) is 0. The zero-order valence-corrected chi connectivity index (χ0v) is 11.0. The Morgan fingerprint density at radius 1 is 1.41 bits per heavy atom. The highest BCUT2D eigenvalue weighted by Gasteiger charge is 2.49. The first kappa shape index (κ1) is 12.3. The van der Waals surface area contributed by atoms with Gasteiger partial charge in [0.1, 0.15) is 5.82 Å². The second-order valence-electron chi connectivity index (χ2n) is 5.19. The maximum absolute atomic E-state index is 5.72. The van der Waals surface area contributed by atoms with Gasteiger partial charge in [-0.3, -0.25) is 4.98 Å². The highest BCUT2D eigenvalue weighted by molar-refractivity contribution is 5.41. The number of hydrogen-bond acceptors (Lipinski definition) is 4. The maximum atomic E-state index is 5.72. The molecule has 0 bridgehead atoms. The lowest BCUT2D eigenvalue weighted by Gasteiger charge is -2.51. The van der Waals surface area contributed by atoms with Gasteiger partial charge in [0, 0.05) is 30.5 Å². The Hall–Kier alpha value is -1.16. The number of anilines is 1. The zero-order valence-electron chi connectivity index (χ0n) is 11.0. The summed E-state index contributed by atoms with van der Waals surface area (Å²) in [5.74, 6) is 0.889. The van der Waals surface area contributed by atoms with Gasteiger partial charge in [-0.05, 0) is 20.3 Å². The van der Waals surface area contributed by atoms with E-state index in [9.17, 15) is 0 Å². The van der Waals surface area contributed by atoms with Crippen molar-refractivity contribution in [3.8, 4) is 0 Å². The van der Waals surface area contributed by atoms with E-state index in [1.807, 2.05) is 13.8 Å². The molecule has 94 valence electrons. The highest BCUT2D eigenvalue weighted by Crippen LogP contribution is 2.44. The minimum Gasteiger partial charge on any atom is -0.378 e. The van der Waals surface area contributed by atoms with Crippen LogP contribution in [0, 0.1) is 12.3 Å². The van der Waals surface area contributed by atoms with Crippen molar-refractivity contribution >= 4 is 5.82 Å². The molecule has 1 fully saturated rings. The van der Waals surface area contributed by atoms with E-state index in [1.54, 1.807) is 12.4 Å². The summed E-state index contributed by atoms with van der Waals surface area (Å²) in [4.78, 5) is 8.56. The van der Waals surface area contributed by atoms with Crippen LogP contribution in [-0.4, -0.2) is 28.7 Å². The van der Waals surface area contributed by atoms with Crippen LogP contribution in [0.4, 0.5) is 5.82 Å². The summed E-state index contributed by atoms with van der Waals surface area (Å²) in [6.45, 7) is 9.27. The summed E-state index contributed by atoms with van der Waals surface area (Å²) in [5.41, 5.74) is 1.10. The van der Waals surface area contributed by atoms with Crippen molar-refractivity contribution in [2.24, 2.45) is 5.41 Å². The van der Waals surface area contributed by atoms with Gasteiger partial charge in [0.15, 0.2) is 0 Å². The Morgan fingerprint density at radius 3 is 2.71 bits per heavy atom. The number of aromatic nitrogens is 2. The van der Waals surface area contributed by atoms with E-state index in [2.05, 4.69) is 29.1 Å². The second kappa shape index (κ2) is 4.61. The summed E-state index contributed by atoms with van der Waals surface area (Å²) in [6.07, 6.45) is 4.83. The molecule has 0 aromatic carbocycles. The predicted octanol–water partition coefficient (Wildman–Crippen LogP) is 2.40. The predicted molar refractivity (Wildman–Crippen MR) is 68.0 cm³/mol. The number of ether oxygens (including phenoxy) is 1. The Bertz CT molecular complexity index is 392. The Morgan fingerprint density at radius 2 is 2.12 bits per heavy atom. The summed E-state index contributed by atoms with van der Waals surface area (Å²) < 4.78 is 5.72. The van der Waals surface area contributed by atoms with Crippen LogP contribution in [0.1, 0.15) is 32.9 Å². The highest BCUT2D eigenvalue weighted by atomic mass is 16.5. The standard InChI is InChI=1S/C13H21N3O/c1-5-17-11-8-10(13(11,3)4)16-12-9(2)14-6-7-15-12/h6-7,10-11H,5,8H2,1-4H3,(H,15,16). The van der Waals surface area contributed by atoms with Crippen LogP contribution in [0.25, 0.3) is 0 Å². The first-order valence-corrected chi connectivity index (χ1v) is 6.21. The van der Waals surface area contributed by atoms with Crippen molar-refractivity contribution in [2.75, 3.05) is 11.9 Å². The summed E-state index contributed by atoms with van der Waals surface area (Å²) >= 11 is 0. The molecule has 0 amide bonds. The average Bonchev–Trinajstić information content (AvgIpc) is 2.30. The number of nitrogens with zero attached hydrogens (tertiary/aromatic N) is 2. The first-order valence-electron chi connectivity index (χ1n) is 6.21. The van der Waals surface area contributed by atoms with E-state index >= 15 is 0 Å². The fraction of sp³-hybridized carbons (Fsp3) is 0.692. The van der Waals surface area contributed by atoms with Crippen LogP contribution in [-0.2, 0) is 4.74 Å². The molecule has 2 unspecified atom stereocenters. The van der Waals surface area contributed by atoms with Gasteiger partial charge in [0.05, 0.1) is 11.8 Å². The molecule has 4 heteroatoms. The van der Waals surface area contributed by atoms with E-state index in [1.165, 1.54) is 0 Å². The molecule has 1 aromatic heterocycles. The number of hydrogen-bond donors (Lipinski definition) is 1. The van der Waals surface area contributed by atoms with Crippen LogP contribution >= 0.6 is 0 Å². The third-order valence-corrected chi connectivity index (χ3v) is 3.74. The van der Waals surface area contributed by atoms with Crippen molar-refractivity contribution in [1.82, 2.24) is 9.97 Å². The molecule has 1 aliphatic rings.